The van der Waals surface area contributed by atoms with Gasteiger partial charge in [0.2, 0.25) is 0 Å². The third-order valence-corrected chi connectivity index (χ3v) is 42.5. The average molecular weight is 1930 g/mol. The zero-order chi connectivity index (χ0) is 92.6. The highest BCUT2D eigenvalue weighted by molar-refractivity contribution is 7.23. The van der Waals surface area contributed by atoms with Crippen LogP contribution in [0.1, 0.15) is 201 Å². The van der Waals surface area contributed by atoms with Crippen LogP contribution >= 0.6 is 45.3 Å². The molecule has 0 saturated heterocycles. The lowest BCUT2D eigenvalue weighted by Gasteiger charge is -2.61. The molecular formula is C116H120N16O4S4. The van der Waals surface area contributed by atoms with Crippen LogP contribution in [-0.2, 0) is 0 Å². The van der Waals surface area contributed by atoms with Gasteiger partial charge in [-0.05, 0) is 318 Å². The summed E-state index contributed by atoms with van der Waals surface area (Å²) in [7, 11) is 0. The fourth-order valence-corrected chi connectivity index (χ4v) is 37.4. The maximum absolute atomic E-state index is 11.9. The largest absolute Gasteiger partial charge is 0.392 e. The molecule has 16 bridgehead atoms. The van der Waals surface area contributed by atoms with Gasteiger partial charge in [-0.15, -0.1) is 0 Å². The average Bonchev–Trinajstić information content (AvgIpc) is 1.30. The highest BCUT2D eigenvalue weighted by Crippen LogP contribution is 2.69. The molecule has 24 heteroatoms. The van der Waals surface area contributed by atoms with E-state index in [-0.39, 0.29) is 70.2 Å². The van der Waals surface area contributed by atoms with Gasteiger partial charge in [0.1, 0.15) is 0 Å². The van der Waals surface area contributed by atoms with E-state index in [0.29, 0.717) is 71.5 Å². The van der Waals surface area contributed by atoms with E-state index in [2.05, 4.69) is 254 Å². The Hall–Kier alpha value is -10.8. The maximum atomic E-state index is 11.9. The number of nitrogens with zero attached hydrogens (tertiary/aromatic N) is 12. The van der Waals surface area contributed by atoms with Crippen molar-refractivity contribution in [1.29, 1.82) is 0 Å². The van der Waals surface area contributed by atoms with Crippen LogP contribution in [0.2, 0.25) is 0 Å². The van der Waals surface area contributed by atoms with E-state index >= 15 is 0 Å². The molecule has 36 rings (SSSR count). The Labute approximate surface area is 831 Å². The summed E-state index contributed by atoms with van der Waals surface area (Å²) in [5.74, 6) is 8.06. The number of anilines is 4. The molecule has 16 atom stereocenters. The normalized spacial score (nSPS) is 33.1. The van der Waals surface area contributed by atoms with Crippen molar-refractivity contribution in [3.8, 4) is 45.0 Å². The van der Waals surface area contributed by atoms with E-state index in [1.165, 1.54) is 163 Å². The van der Waals surface area contributed by atoms with Gasteiger partial charge >= 0.3 is 0 Å². The van der Waals surface area contributed by atoms with E-state index in [4.69, 9.17) is 19.9 Å². The van der Waals surface area contributed by atoms with Crippen LogP contribution < -0.4 is 21.3 Å². The first kappa shape index (κ1) is 85.9. The van der Waals surface area contributed by atoms with Gasteiger partial charge in [0.25, 0.3) is 0 Å². The molecule has 20 nitrogen and oxygen atoms in total. The zero-order valence-electron chi connectivity index (χ0n) is 78.7. The predicted molar refractivity (Wildman–Crippen MR) is 558 cm³/mol. The molecule has 16 fully saturated rings. The van der Waals surface area contributed by atoms with Crippen LogP contribution in [0.4, 0.5) is 20.5 Å². The number of aromatic nitrogens is 12. The van der Waals surface area contributed by atoms with E-state index in [9.17, 15) is 20.4 Å². The summed E-state index contributed by atoms with van der Waals surface area (Å²) in [6, 6.07) is 71.0. The van der Waals surface area contributed by atoms with Crippen molar-refractivity contribution in [2.24, 2.45) is 92.7 Å². The Kier molecular flexibility index (Phi) is 20.5. The molecule has 20 aliphatic rings. The van der Waals surface area contributed by atoms with E-state index in [1.54, 1.807) is 45.3 Å². The Balaban J connectivity index is 0.0000000896. The number of rotatable bonds is 20. The van der Waals surface area contributed by atoms with Gasteiger partial charge in [-0.3, -0.25) is 0 Å². The molecule has 8 N–H and O–H groups in total. The van der Waals surface area contributed by atoms with Crippen molar-refractivity contribution in [3.63, 3.8) is 0 Å². The summed E-state index contributed by atoms with van der Waals surface area (Å²) in [6.45, 7) is 0. The topological polar surface area (TPSA) is 252 Å². The first-order chi connectivity index (χ1) is 68.7. The van der Waals surface area contributed by atoms with Gasteiger partial charge in [0, 0.05) is 46.4 Å². The number of fused-ring (bicyclic) bond motifs is 16. The molecule has 140 heavy (non-hydrogen) atoms. The summed E-state index contributed by atoms with van der Waals surface area (Å²) < 4.78 is 14.1. The van der Waals surface area contributed by atoms with Crippen LogP contribution in [-0.4, -0.2) is 127 Å². The number of aliphatic hydroxyl groups is 4. The molecule has 0 amide bonds. The maximum Gasteiger partial charge on any atom is 0.184 e. The third kappa shape index (κ3) is 14.2. The van der Waals surface area contributed by atoms with E-state index in [0.717, 1.165) is 143 Å². The summed E-state index contributed by atoms with van der Waals surface area (Å²) in [4.78, 5) is 37.2. The minimum atomic E-state index is -0.287. The minimum absolute atomic E-state index is 0.0561. The second kappa shape index (κ2) is 33.4. The molecule has 16 saturated carbocycles. The molecular weight excluding hydrogens is 1810 g/mol. The number of hydrogen-bond donors (Lipinski definition) is 8. The van der Waals surface area contributed by atoms with Crippen molar-refractivity contribution in [2.45, 2.75) is 227 Å². The lowest BCUT2D eigenvalue weighted by atomic mass is 9.46. The van der Waals surface area contributed by atoms with Crippen LogP contribution in [0, 0.1) is 92.7 Å². The number of imidazole rings is 4. The second-order valence-electron chi connectivity index (χ2n) is 46.1. The Bertz CT molecular complexity index is 6370. The minimum Gasteiger partial charge on any atom is -0.392 e. The summed E-state index contributed by atoms with van der Waals surface area (Å²) in [6.07, 6.45) is 41.9. The first-order valence-electron chi connectivity index (χ1n) is 52.3. The molecule has 8 aromatic carbocycles. The van der Waals surface area contributed by atoms with E-state index < -0.39 is 0 Å². The van der Waals surface area contributed by atoms with Gasteiger partial charge in [-0.1, -0.05) is 191 Å². The number of benzene rings is 8. The fraction of sp³-hybridized carbons (Fsp3) is 0.448. The molecule has 0 radical (unpaired) electrons. The Morgan fingerprint density at radius 3 is 0.679 bits per heavy atom. The van der Waals surface area contributed by atoms with Crippen molar-refractivity contribution >= 4 is 107 Å². The molecule has 12 heterocycles. The predicted octanol–water partition coefficient (Wildman–Crippen LogP) is 24.5. The molecule has 16 aromatic rings. The lowest BCUT2D eigenvalue weighted by Crippen LogP contribution is -2.59. The molecule has 712 valence electrons. The summed E-state index contributed by atoms with van der Waals surface area (Å²) >= 11 is 7.10. The molecule has 0 spiro atoms. The van der Waals surface area contributed by atoms with Gasteiger partial charge < -0.3 is 60.0 Å². The second-order valence-corrected chi connectivity index (χ2v) is 50.2. The Morgan fingerprint density at radius 1 is 0.264 bits per heavy atom. The van der Waals surface area contributed by atoms with Crippen molar-refractivity contribution < 1.29 is 20.4 Å². The highest BCUT2D eigenvalue weighted by atomic mass is 32.1. The number of thiazole rings is 4. The van der Waals surface area contributed by atoms with Crippen LogP contribution in [0.15, 0.2) is 244 Å². The number of para-hydroxylation sites is 4. The lowest BCUT2D eigenvalue weighted by molar-refractivity contribution is -0.129. The van der Waals surface area contributed by atoms with Crippen LogP contribution in [0.25, 0.3) is 85.9 Å². The third-order valence-electron chi connectivity index (χ3n) is 38.6. The van der Waals surface area contributed by atoms with Gasteiger partial charge in [-0.2, -0.15) is 0 Å². The zero-order valence-corrected chi connectivity index (χ0v) is 82.0. The highest BCUT2D eigenvalue weighted by Gasteiger charge is 2.64. The summed E-state index contributed by atoms with van der Waals surface area (Å²) in [5.41, 5.74) is 19.7. The standard InChI is InChI=1S/4C29H30N4OS/c4*34-26(11-23-20-5-1-2-6-21(20)24-15-30-16-33(23)24)29-12-17-9-18(13-29)27(19(10-17)14-29)32-28-31-22-7-3-4-8-25(22)35-28/h4*1-8,15-19,23,26-27,34H,9-14H2,(H,31,32)/t2*17?,18?,19?,23-,26+,27?,29?;2*17?,18?,19?,23-,26-,27?,29?/m1010/s1. The quantitative estimate of drug-likeness (QED) is 0.0353. The monoisotopic (exact) mass is 1930 g/mol. The molecule has 16 aliphatic carbocycles. The first-order valence-corrected chi connectivity index (χ1v) is 55.6. The fourth-order valence-electron chi connectivity index (χ4n) is 33.8. The van der Waals surface area contributed by atoms with Crippen molar-refractivity contribution in [1.82, 2.24) is 58.1 Å². The molecule has 8 unspecified atom stereocenters. The van der Waals surface area contributed by atoms with Gasteiger partial charge in [0.15, 0.2) is 20.5 Å². The molecule has 4 aliphatic heterocycles. The van der Waals surface area contributed by atoms with Gasteiger partial charge in [0.05, 0.1) is 162 Å². The number of aliphatic hydroxyl groups excluding tert-OH is 4. The van der Waals surface area contributed by atoms with Crippen molar-refractivity contribution in [2.75, 3.05) is 21.3 Å². The SMILES string of the molecule is O[C@@H](C[C@@H]1c2ccccc2-c2cncn21)C12CC3CC(C1)C(Nc1nc4ccccc4s1)C(C3)C2.O[C@@H](C[C@H]1c2ccccc2-c2cncn21)C12CC3CC(C1)C(Nc1nc4ccccc4s1)C(C3)C2.O[C@H](C[C@@H]1c2ccccc2-c2cncn21)C12CC3CC(C1)C(Nc1nc4ccccc4s1)C(C3)C2.O[C@H](C[C@H]1c2ccccc2-c2cncn21)C12CC3CC(C1)C(Nc1nc4ccccc4s1)C(C3)C2. The van der Waals surface area contributed by atoms with Crippen LogP contribution in [0.3, 0.4) is 0 Å². The number of hydrogen-bond acceptors (Lipinski definition) is 20. The smallest absolute Gasteiger partial charge is 0.184 e. The molecule has 8 aromatic heterocycles. The summed E-state index contributed by atoms with van der Waals surface area (Å²) in [5, 5.41) is 67.2. The van der Waals surface area contributed by atoms with Crippen molar-refractivity contribution in [3.05, 3.63) is 266 Å². The van der Waals surface area contributed by atoms with Gasteiger partial charge in [-0.25, -0.2) is 39.9 Å². The van der Waals surface area contributed by atoms with E-state index in [1.807, 2.05) is 50.1 Å². The van der Waals surface area contributed by atoms with Crippen LogP contribution in [0.5, 0.6) is 0 Å². The Morgan fingerprint density at radius 2 is 0.464 bits per heavy atom. The number of nitrogens with one attached hydrogen (secondary N) is 4.